The van der Waals surface area contributed by atoms with Crippen molar-refractivity contribution in [3.63, 3.8) is 0 Å². The number of alkyl halides is 3. The van der Waals surface area contributed by atoms with Gasteiger partial charge in [0.15, 0.2) is 11.6 Å². The third-order valence-corrected chi connectivity index (χ3v) is 5.17. The molecule has 1 aliphatic rings. The zero-order chi connectivity index (χ0) is 20.9. The Hall–Kier alpha value is -2.84. The largest absolute Gasteiger partial charge is 0.417 e. The topological polar surface area (TPSA) is 34.0 Å². The van der Waals surface area contributed by atoms with Gasteiger partial charge >= 0.3 is 6.18 Å². The number of pyridine rings is 1. The Morgan fingerprint density at radius 1 is 1.14 bits per heavy atom. The fraction of sp³-hybridized carbons (Fsp3) is 0.300. The molecule has 2 aromatic heterocycles. The van der Waals surface area contributed by atoms with Gasteiger partial charge in [-0.05, 0) is 36.6 Å². The molecule has 0 aliphatic carbocycles. The van der Waals surface area contributed by atoms with Gasteiger partial charge in [-0.3, -0.25) is 0 Å². The molecule has 9 heteroatoms. The van der Waals surface area contributed by atoms with E-state index in [1.807, 2.05) is 32.0 Å². The molecule has 0 spiro atoms. The molecular formula is C20H17BF4N4. The van der Waals surface area contributed by atoms with Gasteiger partial charge in [-0.25, -0.2) is 14.1 Å². The summed E-state index contributed by atoms with van der Waals surface area (Å²) in [5, 5.41) is 4.64. The fourth-order valence-corrected chi connectivity index (χ4v) is 3.70. The summed E-state index contributed by atoms with van der Waals surface area (Å²) in [5.74, 6) is -1.13. The zero-order valence-corrected chi connectivity index (χ0v) is 15.9. The van der Waals surface area contributed by atoms with Gasteiger partial charge in [-0.1, -0.05) is 18.2 Å². The van der Waals surface area contributed by atoms with Crippen LogP contribution >= 0.6 is 0 Å². The van der Waals surface area contributed by atoms with E-state index >= 15 is 0 Å². The Bertz CT molecular complexity index is 1070. The molecule has 0 amide bonds. The van der Waals surface area contributed by atoms with Gasteiger partial charge in [0.25, 0.3) is 0 Å². The van der Waals surface area contributed by atoms with Crippen LogP contribution in [-0.4, -0.2) is 29.2 Å². The van der Waals surface area contributed by atoms with E-state index in [0.717, 1.165) is 28.1 Å². The van der Waals surface area contributed by atoms with Crippen molar-refractivity contribution in [1.82, 2.24) is 14.8 Å². The highest BCUT2D eigenvalue weighted by Crippen LogP contribution is 2.32. The normalized spacial score (nSPS) is 14.2. The van der Waals surface area contributed by atoms with Crippen LogP contribution < -0.4 is 10.5 Å². The minimum Gasteiger partial charge on any atom is -0.349 e. The molecule has 148 valence electrons. The van der Waals surface area contributed by atoms with Crippen molar-refractivity contribution in [1.29, 1.82) is 0 Å². The lowest BCUT2D eigenvalue weighted by Gasteiger charge is -2.28. The number of aromatic nitrogens is 3. The number of hydrogen-bond acceptors (Lipinski definition) is 3. The first-order valence-electron chi connectivity index (χ1n) is 9.07. The van der Waals surface area contributed by atoms with Crippen LogP contribution in [0, 0.1) is 19.7 Å². The summed E-state index contributed by atoms with van der Waals surface area (Å²) in [6, 6.07) is 6.36. The van der Waals surface area contributed by atoms with Crippen LogP contribution in [0.25, 0.3) is 5.69 Å². The standard InChI is InChI=1S/C20H17BF4N4/c1-11-4-3-5-12(2)17(11)29-18(21)14-10-28(7-6-16(14)27-29)19-15(22)8-13(9-26-19)20(23,24)25/h3-5,8-9H,6-7,10H2,1-2H3. The maximum Gasteiger partial charge on any atom is 0.417 e. The summed E-state index contributed by atoms with van der Waals surface area (Å²) in [6.07, 6.45) is -3.50. The molecule has 0 saturated heterocycles. The summed E-state index contributed by atoms with van der Waals surface area (Å²) in [6.45, 7) is 4.54. The van der Waals surface area contributed by atoms with Crippen molar-refractivity contribution in [2.75, 3.05) is 11.4 Å². The van der Waals surface area contributed by atoms with Crippen molar-refractivity contribution < 1.29 is 17.6 Å². The number of para-hydroxylation sites is 1. The SMILES string of the molecule is [B]c1c2c(nn1-c1c(C)cccc1C)CCN(c1ncc(C(F)(F)F)cc1F)C2. The smallest absolute Gasteiger partial charge is 0.349 e. The lowest BCUT2D eigenvalue weighted by Crippen LogP contribution is -2.34. The van der Waals surface area contributed by atoms with Crippen LogP contribution in [0.2, 0.25) is 0 Å². The molecule has 3 aromatic rings. The third-order valence-electron chi connectivity index (χ3n) is 5.17. The van der Waals surface area contributed by atoms with Crippen LogP contribution in [0.5, 0.6) is 0 Å². The van der Waals surface area contributed by atoms with Gasteiger partial charge in [0, 0.05) is 31.3 Å². The maximum atomic E-state index is 14.4. The molecule has 0 unspecified atom stereocenters. The number of nitrogens with zero attached hydrogens (tertiary/aromatic N) is 4. The van der Waals surface area contributed by atoms with Crippen molar-refractivity contribution in [3.05, 3.63) is 64.2 Å². The molecule has 1 aliphatic heterocycles. The van der Waals surface area contributed by atoms with Crippen molar-refractivity contribution in [2.24, 2.45) is 0 Å². The summed E-state index contributed by atoms with van der Waals surface area (Å²) in [5.41, 5.74) is 3.79. The van der Waals surface area contributed by atoms with E-state index in [1.54, 1.807) is 9.58 Å². The molecule has 3 heterocycles. The van der Waals surface area contributed by atoms with Crippen molar-refractivity contribution in [3.8, 4) is 5.69 Å². The molecule has 0 bridgehead atoms. The molecule has 4 rings (SSSR count). The Kier molecular flexibility index (Phi) is 4.63. The predicted molar refractivity (Wildman–Crippen MR) is 102 cm³/mol. The molecule has 0 fully saturated rings. The molecule has 4 nitrogen and oxygen atoms in total. The van der Waals surface area contributed by atoms with Gasteiger partial charge < -0.3 is 4.90 Å². The first kappa shape index (κ1) is 19.5. The number of fused-ring (bicyclic) bond motifs is 1. The summed E-state index contributed by atoms with van der Waals surface area (Å²) in [4.78, 5) is 5.32. The average Bonchev–Trinajstić information content (AvgIpc) is 2.97. The van der Waals surface area contributed by atoms with Crippen LogP contribution in [0.1, 0.15) is 27.9 Å². The van der Waals surface area contributed by atoms with Crippen LogP contribution in [0.4, 0.5) is 23.4 Å². The third kappa shape index (κ3) is 3.38. The average molecular weight is 400 g/mol. The second-order valence-electron chi connectivity index (χ2n) is 7.16. The monoisotopic (exact) mass is 400 g/mol. The van der Waals surface area contributed by atoms with Crippen LogP contribution in [-0.2, 0) is 19.1 Å². The number of hydrogen-bond donors (Lipinski definition) is 0. The van der Waals surface area contributed by atoms with E-state index in [-0.39, 0.29) is 12.4 Å². The molecule has 1 aromatic carbocycles. The highest BCUT2D eigenvalue weighted by atomic mass is 19.4. The molecule has 0 N–H and O–H groups in total. The summed E-state index contributed by atoms with van der Waals surface area (Å²) < 4.78 is 54.4. The number of aryl methyl sites for hydroxylation is 2. The zero-order valence-electron chi connectivity index (χ0n) is 15.9. The number of benzene rings is 1. The lowest BCUT2D eigenvalue weighted by atomic mass is 9.93. The van der Waals surface area contributed by atoms with Crippen LogP contribution in [0.15, 0.2) is 30.5 Å². The first-order valence-corrected chi connectivity index (χ1v) is 9.07. The summed E-state index contributed by atoms with van der Waals surface area (Å²) in [7, 11) is 6.36. The molecule has 0 atom stereocenters. The Balaban J connectivity index is 1.69. The van der Waals surface area contributed by atoms with E-state index in [2.05, 4.69) is 10.1 Å². The van der Waals surface area contributed by atoms with Crippen LogP contribution in [0.3, 0.4) is 0 Å². The second kappa shape index (κ2) is 6.90. The fourth-order valence-electron chi connectivity index (χ4n) is 3.70. The Labute approximate surface area is 166 Å². The number of rotatable bonds is 2. The van der Waals surface area contributed by atoms with E-state index in [0.29, 0.717) is 30.8 Å². The highest BCUT2D eigenvalue weighted by Gasteiger charge is 2.33. The number of halogens is 4. The van der Waals surface area contributed by atoms with Gasteiger partial charge in [0.1, 0.15) is 7.85 Å². The van der Waals surface area contributed by atoms with E-state index in [4.69, 9.17) is 7.85 Å². The van der Waals surface area contributed by atoms with Gasteiger partial charge in [-0.15, -0.1) is 0 Å². The minimum atomic E-state index is -4.64. The highest BCUT2D eigenvalue weighted by molar-refractivity contribution is 6.32. The van der Waals surface area contributed by atoms with E-state index in [9.17, 15) is 17.6 Å². The molecule has 2 radical (unpaired) electrons. The van der Waals surface area contributed by atoms with Crippen molar-refractivity contribution >= 4 is 19.3 Å². The minimum absolute atomic E-state index is 0.122. The van der Waals surface area contributed by atoms with E-state index in [1.165, 1.54) is 0 Å². The lowest BCUT2D eigenvalue weighted by molar-refractivity contribution is -0.138. The van der Waals surface area contributed by atoms with Gasteiger partial charge in [0.2, 0.25) is 0 Å². The molecule has 29 heavy (non-hydrogen) atoms. The molecule has 0 saturated carbocycles. The second-order valence-corrected chi connectivity index (χ2v) is 7.16. The van der Waals surface area contributed by atoms with E-state index < -0.39 is 17.6 Å². The van der Waals surface area contributed by atoms with Crippen molar-refractivity contribution in [2.45, 2.75) is 33.0 Å². The molecular weight excluding hydrogens is 383 g/mol. The quantitative estimate of drug-likeness (QED) is 0.489. The Morgan fingerprint density at radius 3 is 2.45 bits per heavy atom. The number of anilines is 1. The van der Waals surface area contributed by atoms with Gasteiger partial charge in [0.05, 0.1) is 16.9 Å². The summed E-state index contributed by atoms with van der Waals surface area (Å²) >= 11 is 0. The first-order chi connectivity index (χ1) is 13.7. The van der Waals surface area contributed by atoms with Gasteiger partial charge in [-0.2, -0.15) is 18.3 Å². The Morgan fingerprint density at radius 2 is 1.83 bits per heavy atom. The predicted octanol–water partition coefficient (Wildman–Crippen LogP) is 3.40. The maximum absolute atomic E-state index is 14.4.